The van der Waals surface area contributed by atoms with E-state index >= 15 is 0 Å². The maximum atomic E-state index is 13.5. The maximum Gasteiger partial charge on any atom is 0.209 e. The number of ether oxygens (including phenoxy) is 1. The van der Waals surface area contributed by atoms with Crippen molar-refractivity contribution in [3.05, 3.63) is 23.3 Å². The predicted molar refractivity (Wildman–Crippen MR) is 53.7 cm³/mol. The first-order chi connectivity index (χ1) is 7.52. The number of methoxy groups -OCH3 is 1. The Morgan fingerprint density at radius 1 is 1.50 bits per heavy atom. The Hall–Kier alpha value is -1.65. The molecule has 1 aromatic carbocycles. The summed E-state index contributed by atoms with van der Waals surface area (Å²) in [6, 6.07) is 1.15. The highest BCUT2D eigenvalue weighted by atomic mass is 19.1. The summed E-state index contributed by atoms with van der Waals surface area (Å²) < 4.78 is 31.4. The first-order valence-electron chi connectivity index (χ1n) is 4.71. The number of hydrogen-bond acceptors (Lipinski definition) is 3. The molecule has 1 rings (SSSR count). The average Bonchev–Trinajstić information content (AvgIpc) is 2.27. The molecule has 0 saturated heterocycles. The lowest BCUT2D eigenvalue weighted by Crippen LogP contribution is -2.02. The normalized spacial score (nSPS) is 12.2. The summed E-state index contributed by atoms with van der Waals surface area (Å²) in [5.74, 6) is -3.95. The summed E-state index contributed by atoms with van der Waals surface area (Å²) in [6.45, 7) is 1.60. The van der Waals surface area contributed by atoms with E-state index in [1.165, 1.54) is 7.11 Å². The third-order valence-corrected chi connectivity index (χ3v) is 2.37. The zero-order valence-electron chi connectivity index (χ0n) is 8.96. The van der Waals surface area contributed by atoms with Gasteiger partial charge in [0.15, 0.2) is 17.3 Å². The van der Waals surface area contributed by atoms with Crippen LogP contribution in [-0.4, -0.2) is 18.5 Å². The molecule has 0 aliphatic carbocycles. The van der Waals surface area contributed by atoms with Gasteiger partial charge in [-0.05, 0) is 17.5 Å². The second-order valence-corrected chi connectivity index (χ2v) is 3.45. The number of halogens is 2. The Kier molecular flexibility index (Phi) is 3.82. The van der Waals surface area contributed by atoms with Crippen LogP contribution in [0.4, 0.5) is 8.78 Å². The van der Waals surface area contributed by atoms with Gasteiger partial charge in [0.2, 0.25) is 5.82 Å². The maximum absolute atomic E-state index is 13.5. The summed E-state index contributed by atoms with van der Waals surface area (Å²) in [7, 11) is 1.21. The SMILES string of the molecule is COc1cc(C(C)CC=O)c(F)c(O)c1F. The van der Waals surface area contributed by atoms with Crippen molar-refractivity contribution in [2.75, 3.05) is 7.11 Å². The van der Waals surface area contributed by atoms with Crippen molar-refractivity contribution in [2.45, 2.75) is 19.3 Å². The number of rotatable bonds is 4. The number of aromatic hydroxyl groups is 1. The number of benzene rings is 1. The molecule has 1 N–H and O–H groups in total. The largest absolute Gasteiger partial charge is 0.503 e. The van der Waals surface area contributed by atoms with Crippen molar-refractivity contribution < 1.29 is 23.4 Å². The molecule has 0 amide bonds. The Morgan fingerprint density at radius 2 is 2.12 bits per heavy atom. The molecule has 1 atom stereocenters. The van der Waals surface area contributed by atoms with Gasteiger partial charge in [-0.3, -0.25) is 0 Å². The average molecular weight is 230 g/mol. The van der Waals surface area contributed by atoms with E-state index in [4.69, 9.17) is 0 Å². The number of phenolic OH excluding ortho intramolecular Hbond substituents is 1. The van der Waals surface area contributed by atoms with Crippen molar-refractivity contribution in [1.29, 1.82) is 0 Å². The monoisotopic (exact) mass is 230 g/mol. The fraction of sp³-hybridized carbons (Fsp3) is 0.364. The van der Waals surface area contributed by atoms with E-state index in [2.05, 4.69) is 4.74 Å². The first kappa shape index (κ1) is 12.4. The van der Waals surface area contributed by atoms with Gasteiger partial charge in [-0.1, -0.05) is 6.92 Å². The molecule has 0 saturated carbocycles. The van der Waals surface area contributed by atoms with Gasteiger partial charge in [-0.25, -0.2) is 4.39 Å². The van der Waals surface area contributed by atoms with Crippen LogP contribution >= 0.6 is 0 Å². The summed E-state index contributed by atoms with van der Waals surface area (Å²) >= 11 is 0. The van der Waals surface area contributed by atoms with Crippen molar-refractivity contribution >= 4 is 6.29 Å². The standard InChI is InChI=1S/C11H12F2O3/c1-6(3-4-14)7-5-8(16-2)10(13)11(15)9(7)12/h4-6,15H,3H2,1-2H3. The number of hydrogen-bond donors (Lipinski definition) is 1. The Labute approximate surface area is 91.7 Å². The second kappa shape index (κ2) is 4.92. The van der Waals surface area contributed by atoms with Gasteiger partial charge in [0.05, 0.1) is 7.11 Å². The van der Waals surface area contributed by atoms with E-state index in [1.54, 1.807) is 6.92 Å². The van der Waals surface area contributed by atoms with Gasteiger partial charge < -0.3 is 14.6 Å². The molecule has 1 unspecified atom stereocenters. The lowest BCUT2D eigenvalue weighted by molar-refractivity contribution is -0.108. The van der Waals surface area contributed by atoms with Crippen LogP contribution in [0.15, 0.2) is 6.07 Å². The van der Waals surface area contributed by atoms with Crippen LogP contribution in [0.2, 0.25) is 0 Å². The van der Waals surface area contributed by atoms with Gasteiger partial charge in [0, 0.05) is 6.42 Å². The third-order valence-electron chi connectivity index (χ3n) is 2.37. The first-order valence-corrected chi connectivity index (χ1v) is 4.71. The van der Waals surface area contributed by atoms with Crippen LogP contribution in [0.1, 0.15) is 24.8 Å². The topological polar surface area (TPSA) is 46.5 Å². The quantitative estimate of drug-likeness (QED) is 0.808. The smallest absolute Gasteiger partial charge is 0.209 e. The van der Waals surface area contributed by atoms with Crippen LogP contribution in [0.5, 0.6) is 11.5 Å². The van der Waals surface area contributed by atoms with Crippen LogP contribution in [0, 0.1) is 11.6 Å². The van der Waals surface area contributed by atoms with Gasteiger partial charge in [-0.15, -0.1) is 0 Å². The Balaban J connectivity index is 3.29. The highest BCUT2D eigenvalue weighted by Gasteiger charge is 2.21. The third kappa shape index (κ3) is 2.13. The lowest BCUT2D eigenvalue weighted by atomic mass is 9.97. The van der Waals surface area contributed by atoms with E-state index < -0.39 is 23.3 Å². The van der Waals surface area contributed by atoms with Crippen molar-refractivity contribution in [2.24, 2.45) is 0 Å². The van der Waals surface area contributed by atoms with E-state index in [0.29, 0.717) is 6.29 Å². The van der Waals surface area contributed by atoms with Crippen molar-refractivity contribution in [3.63, 3.8) is 0 Å². The number of carbonyl (C=O) groups excluding carboxylic acids is 1. The molecule has 0 aliphatic heterocycles. The van der Waals surface area contributed by atoms with Crippen molar-refractivity contribution in [3.8, 4) is 11.5 Å². The minimum atomic E-state index is -1.14. The molecule has 0 aliphatic rings. The Morgan fingerprint density at radius 3 is 2.62 bits per heavy atom. The molecule has 0 aromatic heterocycles. The molecule has 1 aromatic rings. The fourth-order valence-electron chi connectivity index (χ4n) is 1.40. The van der Waals surface area contributed by atoms with E-state index in [9.17, 15) is 18.7 Å². The number of aldehydes is 1. The molecular weight excluding hydrogens is 218 g/mol. The summed E-state index contributed by atoms with van der Waals surface area (Å²) in [5, 5.41) is 9.20. The molecular formula is C11H12F2O3. The summed E-state index contributed by atoms with van der Waals surface area (Å²) in [5.41, 5.74) is 0.0582. The van der Waals surface area contributed by atoms with E-state index in [0.717, 1.165) is 6.07 Å². The molecule has 0 spiro atoms. The molecule has 0 fully saturated rings. The summed E-state index contributed by atoms with van der Waals surface area (Å²) in [4.78, 5) is 10.3. The highest BCUT2D eigenvalue weighted by molar-refractivity contribution is 5.52. The highest BCUT2D eigenvalue weighted by Crippen LogP contribution is 2.35. The summed E-state index contributed by atoms with van der Waals surface area (Å²) in [6.07, 6.45) is 0.724. The van der Waals surface area contributed by atoms with Gasteiger partial charge >= 0.3 is 0 Å². The minimum absolute atomic E-state index is 0.0582. The van der Waals surface area contributed by atoms with Crippen molar-refractivity contribution in [1.82, 2.24) is 0 Å². The minimum Gasteiger partial charge on any atom is -0.503 e. The molecule has 16 heavy (non-hydrogen) atoms. The van der Waals surface area contributed by atoms with Gasteiger partial charge in [0.25, 0.3) is 0 Å². The number of phenols is 1. The van der Waals surface area contributed by atoms with E-state index in [1.807, 2.05) is 0 Å². The predicted octanol–water partition coefficient (Wildman–Crippen LogP) is 2.37. The zero-order chi connectivity index (χ0) is 12.3. The zero-order valence-corrected chi connectivity index (χ0v) is 8.96. The molecule has 0 bridgehead atoms. The second-order valence-electron chi connectivity index (χ2n) is 3.45. The molecule has 88 valence electrons. The number of carbonyl (C=O) groups is 1. The van der Waals surface area contributed by atoms with Gasteiger partial charge in [0.1, 0.15) is 6.29 Å². The lowest BCUT2D eigenvalue weighted by Gasteiger charge is -2.13. The van der Waals surface area contributed by atoms with Crippen LogP contribution in [0.3, 0.4) is 0 Å². The van der Waals surface area contributed by atoms with Crippen LogP contribution in [-0.2, 0) is 4.79 Å². The van der Waals surface area contributed by atoms with Gasteiger partial charge in [-0.2, -0.15) is 4.39 Å². The molecule has 5 heteroatoms. The Bertz CT molecular complexity index is 405. The van der Waals surface area contributed by atoms with E-state index in [-0.39, 0.29) is 17.7 Å². The van der Waals surface area contributed by atoms with Crippen LogP contribution < -0.4 is 4.74 Å². The molecule has 0 heterocycles. The van der Waals surface area contributed by atoms with Crippen LogP contribution in [0.25, 0.3) is 0 Å². The fourth-order valence-corrected chi connectivity index (χ4v) is 1.40. The molecule has 3 nitrogen and oxygen atoms in total. The molecule has 0 radical (unpaired) electrons.